The van der Waals surface area contributed by atoms with Gasteiger partial charge in [0.2, 0.25) is 5.91 Å². The first kappa shape index (κ1) is 16.0. The number of carbonyl (C=O) groups excluding carboxylic acids is 1. The van der Waals surface area contributed by atoms with Crippen LogP contribution in [0.1, 0.15) is 39.0 Å². The molecule has 0 spiro atoms. The molecule has 6 heteroatoms. The van der Waals surface area contributed by atoms with Gasteiger partial charge < -0.3 is 4.90 Å². The standard InChI is InChI=1S/C12H22BrNO3S/c1-10(18(2,16)17)12(15)14(9-8-13)11-6-4-3-5-7-11/h10-11H,3-9H2,1-2H3. The first-order chi connectivity index (χ1) is 8.38. The summed E-state index contributed by atoms with van der Waals surface area (Å²) < 4.78 is 23.0. The number of sulfone groups is 1. The van der Waals surface area contributed by atoms with Gasteiger partial charge in [-0.15, -0.1) is 0 Å². The lowest BCUT2D eigenvalue weighted by atomic mass is 9.94. The molecule has 18 heavy (non-hydrogen) atoms. The van der Waals surface area contributed by atoms with E-state index in [1.54, 1.807) is 4.90 Å². The van der Waals surface area contributed by atoms with Gasteiger partial charge >= 0.3 is 0 Å². The highest BCUT2D eigenvalue weighted by molar-refractivity contribution is 9.09. The summed E-state index contributed by atoms with van der Waals surface area (Å²) in [6.45, 7) is 2.07. The van der Waals surface area contributed by atoms with E-state index in [4.69, 9.17) is 0 Å². The fourth-order valence-electron chi connectivity index (χ4n) is 2.37. The SMILES string of the molecule is CC(C(=O)N(CCBr)C1CCCCC1)S(C)(=O)=O. The van der Waals surface area contributed by atoms with Gasteiger partial charge in [-0.3, -0.25) is 4.79 Å². The third-order valence-electron chi connectivity index (χ3n) is 3.61. The minimum atomic E-state index is -3.31. The third-order valence-corrected chi connectivity index (χ3v) is 5.45. The molecule has 1 aliphatic carbocycles. The van der Waals surface area contributed by atoms with Crippen LogP contribution in [0, 0.1) is 0 Å². The van der Waals surface area contributed by atoms with E-state index in [0.717, 1.165) is 31.9 Å². The Kier molecular flexibility index (Phi) is 6.11. The number of carbonyl (C=O) groups is 1. The van der Waals surface area contributed by atoms with Crippen molar-refractivity contribution >= 4 is 31.7 Å². The molecule has 0 aromatic rings. The Morgan fingerprint density at radius 1 is 1.33 bits per heavy atom. The largest absolute Gasteiger partial charge is 0.338 e. The average Bonchev–Trinajstić information content (AvgIpc) is 2.34. The summed E-state index contributed by atoms with van der Waals surface area (Å²) in [5, 5.41) is -0.246. The number of halogens is 1. The fraction of sp³-hybridized carbons (Fsp3) is 0.917. The van der Waals surface area contributed by atoms with E-state index in [-0.39, 0.29) is 11.9 Å². The quantitative estimate of drug-likeness (QED) is 0.719. The van der Waals surface area contributed by atoms with Gasteiger partial charge in [-0.25, -0.2) is 8.42 Å². The Morgan fingerprint density at radius 2 is 1.89 bits per heavy atom. The minimum Gasteiger partial charge on any atom is -0.338 e. The fourth-order valence-corrected chi connectivity index (χ4v) is 3.26. The van der Waals surface area contributed by atoms with Gasteiger partial charge in [0, 0.05) is 24.2 Å². The van der Waals surface area contributed by atoms with Crippen molar-refractivity contribution in [3.05, 3.63) is 0 Å². The highest BCUT2D eigenvalue weighted by atomic mass is 79.9. The Hall–Kier alpha value is -0.100. The van der Waals surface area contributed by atoms with Crippen LogP contribution in [-0.4, -0.2) is 48.6 Å². The molecule has 1 atom stereocenters. The van der Waals surface area contributed by atoms with Crippen molar-refractivity contribution in [3.63, 3.8) is 0 Å². The van der Waals surface area contributed by atoms with E-state index in [1.807, 2.05) is 0 Å². The molecule has 1 rings (SSSR count). The lowest BCUT2D eigenvalue weighted by molar-refractivity contribution is -0.133. The summed E-state index contributed by atoms with van der Waals surface area (Å²) >= 11 is 3.34. The second-order valence-corrected chi connectivity index (χ2v) is 8.14. The number of rotatable bonds is 5. The molecule has 0 aliphatic heterocycles. The maximum absolute atomic E-state index is 12.3. The molecular formula is C12H22BrNO3S. The molecule has 1 unspecified atom stereocenters. The smallest absolute Gasteiger partial charge is 0.240 e. The summed E-state index contributed by atoms with van der Waals surface area (Å²) in [4.78, 5) is 14.1. The summed E-state index contributed by atoms with van der Waals surface area (Å²) in [6, 6.07) is 0.216. The van der Waals surface area contributed by atoms with Crippen LogP contribution in [-0.2, 0) is 14.6 Å². The molecule has 1 saturated carbocycles. The maximum Gasteiger partial charge on any atom is 0.240 e. The Labute approximate surface area is 118 Å². The molecule has 0 saturated heterocycles. The van der Waals surface area contributed by atoms with Crippen LogP contribution in [0.3, 0.4) is 0 Å². The molecule has 0 radical (unpaired) electrons. The van der Waals surface area contributed by atoms with Gasteiger partial charge in [0.25, 0.3) is 0 Å². The van der Waals surface area contributed by atoms with E-state index in [0.29, 0.717) is 11.9 Å². The highest BCUT2D eigenvalue weighted by Gasteiger charge is 2.32. The van der Waals surface area contributed by atoms with Crippen molar-refractivity contribution in [2.45, 2.75) is 50.3 Å². The summed E-state index contributed by atoms with van der Waals surface area (Å²) in [5.41, 5.74) is 0. The van der Waals surface area contributed by atoms with Crippen LogP contribution < -0.4 is 0 Å². The van der Waals surface area contributed by atoms with Crippen LogP contribution in [0.15, 0.2) is 0 Å². The monoisotopic (exact) mass is 339 g/mol. The molecule has 0 aromatic heterocycles. The number of alkyl halides is 1. The van der Waals surface area contributed by atoms with E-state index in [1.165, 1.54) is 13.3 Å². The van der Waals surface area contributed by atoms with Crippen molar-refractivity contribution in [2.75, 3.05) is 18.1 Å². The van der Waals surface area contributed by atoms with Crippen LogP contribution in [0.4, 0.5) is 0 Å². The average molecular weight is 340 g/mol. The molecular weight excluding hydrogens is 318 g/mol. The second-order valence-electron chi connectivity index (χ2n) is 4.98. The third kappa shape index (κ3) is 4.23. The van der Waals surface area contributed by atoms with Crippen molar-refractivity contribution in [1.82, 2.24) is 4.90 Å². The van der Waals surface area contributed by atoms with Crippen LogP contribution in [0.2, 0.25) is 0 Å². The van der Waals surface area contributed by atoms with Crippen LogP contribution in [0.5, 0.6) is 0 Å². The van der Waals surface area contributed by atoms with Crippen molar-refractivity contribution in [2.24, 2.45) is 0 Å². The predicted molar refractivity (Wildman–Crippen MR) is 76.7 cm³/mol. The van der Waals surface area contributed by atoms with E-state index in [2.05, 4.69) is 15.9 Å². The molecule has 1 aliphatic rings. The van der Waals surface area contributed by atoms with Gasteiger partial charge in [-0.1, -0.05) is 35.2 Å². The molecule has 4 nitrogen and oxygen atoms in total. The van der Waals surface area contributed by atoms with E-state index >= 15 is 0 Å². The molecule has 0 N–H and O–H groups in total. The lowest BCUT2D eigenvalue weighted by Crippen LogP contribution is -2.48. The van der Waals surface area contributed by atoms with Gasteiger partial charge in [0.05, 0.1) is 0 Å². The van der Waals surface area contributed by atoms with Gasteiger partial charge in [-0.05, 0) is 19.8 Å². The number of hydrogen-bond acceptors (Lipinski definition) is 3. The second kappa shape index (κ2) is 6.89. The Bertz CT molecular complexity index is 377. The Morgan fingerprint density at radius 3 is 2.33 bits per heavy atom. The maximum atomic E-state index is 12.3. The van der Waals surface area contributed by atoms with Crippen LogP contribution >= 0.6 is 15.9 Å². The lowest BCUT2D eigenvalue weighted by Gasteiger charge is -2.35. The topological polar surface area (TPSA) is 54.5 Å². The molecule has 0 aromatic carbocycles. The first-order valence-electron chi connectivity index (χ1n) is 6.43. The minimum absolute atomic E-state index is 0.216. The molecule has 106 valence electrons. The summed E-state index contributed by atoms with van der Waals surface area (Å²) in [7, 11) is -3.31. The summed E-state index contributed by atoms with van der Waals surface area (Å²) in [5.74, 6) is -0.246. The zero-order valence-electron chi connectivity index (χ0n) is 11.1. The summed E-state index contributed by atoms with van der Waals surface area (Å²) in [6.07, 6.45) is 6.59. The first-order valence-corrected chi connectivity index (χ1v) is 9.51. The normalized spacial score (nSPS) is 19.5. The zero-order valence-corrected chi connectivity index (χ0v) is 13.5. The number of hydrogen-bond donors (Lipinski definition) is 0. The molecule has 1 fully saturated rings. The van der Waals surface area contributed by atoms with Crippen molar-refractivity contribution in [3.8, 4) is 0 Å². The molecule has 0 bridgehead atoms. The van der Waals surface area contributed by atoms with Gasteiger partial charge in [0.15, 0.2) is 9.84 Å². The number of amides is 1. The predicted octanol–water partition coefficient (Wildman–Crippen LogP) is 1.98. The zero-order chi connectivity index (χ0) is 13.8. The van der Waals surface area contributed by atoms with Gasteiger partial charge in [0.1, 0.15) is 5.25 Å². The van der Waals surface area contributed by atoms with Crippen LogP contribution in [0.25, 0.3) is 0 Å². The van der Waals surface area contributed by atoms with Crippen molar-refractivity contribution in [1.29, 1.82) is 0 Å². The van der Waals surface area contributed by atoms with Crippen molar-refractivity contribution < 1.29 is 13.2 Å². The van der Waals surface area contributed by atoms with E-state index < -0.39 is 15.1 Å². The molecule has 0 heterocycles. The molecule has 1 amide bonds. The highest BCUT2D eigenvalue weighted by Crippen LogP contribution is 2.24. The van der Waals surface area contributed by atoms with E-state index in [9.17, 15) is 13.2 Å². The Balaban J connectivity index is 2.80. The van der Waals surface area contributed by atoms with Gasteiger partial charge in [-0.2, -0.15) is 0 Å². The number of nitrogens with zero attached hydrogens (tertiary/aromatic N) is 1.